The Kier molecular flexibility index (Phi) is 8.17. The first-order chi connectivity index (χ1) is 13.3. The molecule has 0 aliphatic carbocycles. The van der Waals surface area contributed by atoms with Crippen LogP contribution in [0.25, 0.3) is 0 Å². The zero-order valence-electron chi connectivity index (χ0n) is 16.3. The van der Waals surface area contributed by atoms with Crippen molar-refractivity contribution in [2.75, 3.05) is 37.6 Å². The molecule has 2 rings (SSSR count). The number of anilines is 2. The summed E-state index contributed by atoms with van der Waals surface area (Å²) in [5.74, 6) is 0.0587. The molecule has 2 aromatic rings. The first kappa shape index (κ1) is 22.1. The van der Waals surface area contributed by atoms with Gasteiger partial charge in [-0.2, -0.15) is 0 Å². The van der Waals surface area contributed by atoms with Crippen molar-refractivity contribution in [3.63, 3.8) is 0 Å². The lowest BCUT2D eigenvalue weighted by Crippen LogP contribution is -2.43. The highest BCUT2D eigenvalue weighted by atomic mass is 35.5. The molecule has 2 aromatic carbocycles. The highest BCUT2D eigenvalue weighted by Gasteiger charge is 2.21. The Morgan fingerprint density at radius 2 is 1.89 bits per heavy atom. The number of ether oxygens (including phenoxy) is 1. The molecule has 0 aliphatic rings. The van der Waals surface area contributed by atoms with Gasteiger partial charge >= 0.3 is 0 Å². The van der Waals surface area contributed by atoms with E-state index in [1.54, 1.807) is 48.8 Å². The topological polar surface area (TPSA) is 70.7 Å². The van der Waals surface area contributed by atoms with E-state index in [1.807, 2.05) is 30.5 Å². The van der Waals surface area contributed by atoms with E-state index < -0.39 is 6.04 Å². The minimum atomic E-state index is -0.537. The largest absolute Gasteiger partial charge is 0.495 e. The molecule has 0 bridgehead atoms. The van der Waals surface area contributed by atoms with Crippen LogP contribution in [0.5, 0.6) is 5.75 Å². The molecule has 28 heavy (non-hydrogen) atoms. The Balaban J connectivity index is 1.98. The second-order valence-corrected chi connectivity index (χ2v) is 7.46. The third kappa shape index (κ3) is 5.89. The first-order valence-corrected chi connectivity index (χ1v) is 10.2. The number of amides is 2. The van der Waals surface area contributed by atoms with Gasteiger partial charge in [-0.15, -0.1) is 11.8 Å². The van der Waals surface area contributed by atoms with Crippen LogP contribution in [0.1, 0.15) is 6.92 Å². The van der Waals surface area contributed by atoms with Crippen molar-refractivity contribution in [1.29, 1.82) is 0 Å². The Morgan fingerprint density at radius 1 is 1.18 bits per heavy atom. The number of nitrogens with one attached hydrogen (secondary N) is 2. The quantitative estimate of drug-likeness (QED) is 0.631. The van der Waals surface area contributed by atoms with E-state index in [0.717, 1.165) is 10.6 Å². The summed E-state index contributed by atoms with van der Waals surface area (Å²) >= 11 is 7.56. The van der Waals surface area contributed by atoms with Crippen LogP contribution in [-0.2, 0) is 9.59 Å². The number of thioether (sulfide) groups is 1. The van der Waals surface area contributed by atoms with Crippen LogP contribution in [0.15, 0.2) is 47.4 Å². The van der Waals surface area contributed by atoms with E-state index in [-0.39, 0.29) is 18.4 Å². The number of carbonyl (C=O) groups excluding carboxylic acids is 2. The molecular formula is C20H24ClN3O3S. The summed E-state index contributed by atoms with van der Waals surface area (Å²) in [7, 11) is 3.24. The number of likely N-dealkylation sites (N-methyl/N-ethyl adjacent to an activating group) is 1. The Morgan fingerprint density at radius 3 is 2.57 bits per heavy atom. The number of rotatable bonds is 8. The molecule has 0 aliphatic heterocycles. The number of nitrogens with zero attached hydrogens (tertiary/aromatic N) is 1. The van der Waals surface area contributed by atoms with Crippen molar-refractivity contribution < 1.29 is 14.3 Å². The standard InChI is InChI=1S/C20H24ClN3O3S/c1-13(20(26)23-16-11-14(21)9-10-17(16)27-3)24(2)12-19(25)22-15-7-5-6-8-18(15)28-4/h5-11,13H,12H2,1-4H3,(H,22,25)(H,23,26)/t13-/m0/s1. The van der Waals surface area contributed by atoms with E-state index in [1.165, 1.54) is 7.11 Å². The maximum atomic E-state index is 12.6. The second-order valence-electron chi connectivity index (χ2n) is 6.17. The number of halogens is 1. The molecule has 2 amide bonds. The van der Waals surface area contributed by atoms with Gasteiger partial charge in [0.15, 0.2) is 0 Å². The molecule has 2 N–H and O–H groups in total. The fraction of sp³-hybridized carbons (Fsp3) is 0.300. The summed E-state index contributed by atoms with van der Waals surface area (Å²) in [5, 5.41) is 6.18. The Labute approximate surface area is 174 Å². The minimum absolute atomic E-state index is 0.0734. The van der Waals surface area contributed by atoms with Crippen LogP contribution in [0, 0.1) is 0 Å². The van der Waals surface area contributed by atoms with Gasteiger partial charge in [-0.3, -0.25) is 14.5 Å². The van der Waals surface area contributed by atoms with Crippen molar-refractivity contribution >= 4 is 46.6 Å². The summed E-state index contributed by atoms with van der Waals surface area (Å²) in [6.07, 6.45) is 1.95. The van der Waals surface area contributed by atoms with Crippen LogP contribution < -0.4 is 15.4 Å². The Hall–Kier alpha value is -2.22. The molecule has 0 saturated heterocycles. The fourth-order valence-corrected chi connectivity index (χ4v) is 3.24. The third-order valence-corrected chi connectivity index (χ3v) is 5.26. The maximum absolute atomic E-state index is 12.6. The monoisotopic (exact) mass is 421 g/mol. The predicted molar refractivity (Wildman–Crippen MR) is 116 cm³/mol. The number of benzene rings is 2. The average molecular weight is 422 g/mol. The average Bonchev–Trinajstić information content (AvgIpc) is 2.67. The minimum Gasteiger partial charge on any atom is -0.495 e. The van der Waals surface area contributed by atoms with Crippen LogP contribution in [-0.4, -0.2) is 49.7 Å². The van der Waals surface area contributed by atoms with Gasteiger partial charge < -0.3 is 15.4 Å². The van der Waals surface area contributed by atoms with Crippen LogP contribution in [0.4, 0.5) is 11.4 Å². The summed E-state index contributed by atoms with van der Waals surface area (Å²) in [5.41, 5.74) is 1.24. The Bertz CT molecular complexity index is 847. The SMILES string of the molecule is COc1ccc(Cl)cc1NC(=O)[C@H](C)N(C)CC(=O)Nc1ccccc1SC. The summed E-state index contributed by atoms with van der Waals surface area (Å²) in [6, 6.07) is 12.0. The van der Waals surface area contributed by atoms with Gasteiger partial charge in [-0.05, 0) is 50.6 Å². The lowest BCUT2D eigenvalue weighted by atomic mass is 10.2. The molecule has 0 aromatic heterocycles. The zero-order valence-corrected chi connectivity index (χ0v) is 17.9. The number of hydrogen-bond donors (Lipinski definition) is 2. The lowest BCUT2D eigenvalue weighted by Gasteiger charge is -2.24. The highest BCUT2D eigenvalue weighted by molar-refractivity contribution is 7.98. The second kappa shape index (κ2) is 10.4. The van der Waals surface area contributed by atoms with Crippen LogP contribution in [0.3, 0.4) is 0 Å². The van der Waals surface area contributed by atoms with Crippen LogP contribution in [0.2, 0.25) is 5.02 Å². The molecule has 6 nitrogen and oxygen atoms in total. The predicted octanol–water partition coefficient (Wildman–Crippen LogP) is 3.97. The van der Waals surface area contributed by atoms with Crippen molar-refractivity contribution in [1.82, 2.24) is 4.90 Å². The smallest absolute Gasteiger partial charge is 0.241 e. The van der Waals surface area contributed by atoms with Gasteiger partial charge in [0.05, 0.1) is 31.1 Å². The fourth-order valence-electron chi connectivity index (χ4n) is 2.52. The van der Waals surface area contributed by atoms with Gasteiger partial charge in [-0.1, -0.05) is 23.7 Å². The maximum Gasteiger partial charge on any atom is 0.241 e. The third-order valence-electron chi connectivity index (χ3n) is 4.23. The van der Waals surface area contributed by atoms with E-state index in [9.17, 15) is 9.59 Å². The summed E-state index contributed by atoms with van der Waals surface area (Å²) in [6.45, 7) is 1.81. The van der Waals surface area contributed by atoms with Gasteiger partial charge in [0.1, 0.15) is 5.75 Å². The van der Waals surface area contributed by atoms with Gasteiger partial charge in [0.2, 0.25) is 11.8 Å². The van der Waals surface area contributed by atoms with E-state index >= 15 is 0 Å². The number of hydrogen-bond acceptors (Lipinski definition) is 5. The van der Waals surface area contributed by atoms with Crippen molar-refractivity contribution in [2.24, 2.45) is 0 Å². The molecule has 0 heterocycles. The van der Waals surface area contributed by atoms with Gasteiger partial charge in [0.25, 0.3) is 0 Å². The number of carbonyl (C=O) groups is 2. The number of para-hydroxylation sites is 1. The molecule has 0 saturated carbocycles. The van der Waals surface area contributed by atoms with Crippen LogP contribution >= 0.6 is 23.4 Å². The molecule has 0 fully saturated rings. The van der Waals surface area contributed by atoms with Crippen molar-refractivity contribution in [3.05, 3.63) is 47.5 Å². The lowest BCUT2D eigenvalue weighted by molar-refractivity contribution is -0.122. The molecule has 1 atom stereocenters. The summed E-state index contributed by atoms with van der Waals surface area (Å²) < 4.78 is 5.24. The van der Waals surface area contributed by atoms with Crippen molar-refractivity contribution in [3.8, 4) is 5.75 Å². The molecule has 0 unspecified atom stereocenters. The highest BCUT2D eigenvalue weighted by Crippen LogP contribution is 2.28. The van der Waals surface area contributed by atoms with Crippen molar-refractivity contribution in [2.45, 2.75) is 17.9 Å². The molecule has 150 valence electrons. The van der Waals surface area contributed by atoms with E-state index in [0.29, 0.717) is 16.5 Å². The number of methoxy groups -OCH3 is 1. The first-order valence-electron chi connectivity index (χ1n) is 8.63. The molecular weight excluding hydrogens is 398 g/mol. The van der Waals surface area contributed by atoms with E-state index in [4.69, 9.17) is 16.3 Å². The normalized spacial score (nSPS) is 11.8. The van der Waals surface area contributed by atoms with E-state index in [2.05, 4.69) is 10.6 Å². The molecule has 0 spiro atoms. The van der Waals surface area contributed by atoms with Gasteiger partial charge in [0, 0.05) is 9.92 Å². The zero-order chi connectivity index (χ0) is 20.7. The summed E-state index contributed by atoms with van der Waals surface area (Å²) in [4.78, 5) is 27.6. The molecule has 8 heteroatoms. The van der Waals surface area contributed by atoms with Gasteiger partial charge in [-0.25, -0.2) is 0 Å². The molecule has 0 radical (unpaired) electrons.